The van der Waals surface area contributed by atoms with E-state index < -0.39 is 0 Å². The molecule has 1 unspecified atom stereocenters. The Morgan fingerprint density at radius 3 is 2.50 bits per heavy atom. The minimum absolute atomic E-state index is 0.0862. The number of carbonyl (C=O) groups excluding carboxylic acids is 1. The van der Waals surface area contributed by atoms with E-state index in [0.717, 1.165) is 0 Å². The fraction of sp³-hybridized carbons (Fsp3) is 0.833. The van der Waals surface area contributed by atoms with E-state index in [9.17, 15) is 4.79 Å². The molecule has 0 aliphatic carbocycles. The maximum absolute atomic E-state index is 11.8. The van der Waals surface area contributed by atoms with Crippen LogP contribution in [0.4, 0.5) is 0 Å². The molecule has 0 heterocycles. The standard InChI is InChI=1S/C12H23N3O/c1-5-15(9-10(2)8-13)11(16)6-7-12(3,4)14/h10H,5-7,9,14H2,1-4H3. The fourth-order valence-corrected chi connectivity index (χ4v) is 1.37. The SMILES string of the molecule is CCN(CC(C)C#N)C(=O)CCC(C)(C)N. The van der Waals surface area contributed by atoms with Crippen molar-refractivity contribution >= 4 is 5.91 Å². The van der Waals surface area contributed by atoms with Crippen LogP contribution >= 0.6 is 0 Å². The van der Waals surface area contributed by atoms with Crippen molar-refractivity contribution in [3.8, 4) is 6.07 Å². The van der Waals surface area contributed by atoms with E-state index in [1.807, 2.05) is 27.7 Å². The van der Waals surface area contributed by atoms with Crippen LogP contribution in [0.3, 0.4) is 0 Å². The van der Waals surface area contributed by atoms with Crippen molar-refractivity contribution in [2.24, 2.45) is 11.7 Å². The lowest BCUT2D eigenvalue weighted by Gasteiger charge is -2.24. The van der Waals surface area contributed by atoms with Crippen LogP contribution in [0.15, 0.2) is 0 Å². The molecular weight excluding hydrogens is 202 g/mol. The summed E-state index contributed by atoms with van der Waals surface area (Å²) in [4.78, 5) is 13.6. The molecule has 0 aromatic heterocycles. The summed E-state index contributed by atoms with van der Waals surface area (Å²) in [6.45, 7) is 8.73. The Labute approximate surface area is 98.4 Å². The maximum Gasteiger partial charge on any atom is 0.222 e. The second-order valence-electron chi connectivity index (χ2n) is 4.95. The largest absolute Gasteiger partial charge is 0.342 e. The third-order valence-electron chi connectivity index (χ3n) is 2.43. The molecule has 0 saturated heterocycles. The molecule has 0 aliphatic rings. The molecule has 0 radical (unpaired) electrons. The summed E-state index contributed by atoms with van der Waals surface area (Å²) in [6.07, 6.45) is 1.12. The highest BCUT2D eigenvalue weighted by Crippen LogP contribution is 2.10. The van der Waals surface area contributed by atoms with Gasteiger partial charge >= 0.3 is 0 Å². The molecule has 0 spiro atoms. The highest BCUT2D eigenvalue weighted by atomic mass is 16.2. The Morgan fingerprint density at radius 1 is 1.56 bits per heavy atom. The van der Waals surface area contributed by atoms with Crippen LogP contribution < -0.4 is 5.73 Å². The third kappa shape index (κ3) is 6.41. The zero-order valence-electron chi connectivity index (χ0n) is 10.8. The van der Waals surface area contributed by atoms with Crippen LogP contribution in [0.25, 0.3) is 0 Å². The number of hydrogen-bond donors (Lipinski definition) is 1. The predicted molar refractivity (Wildman–Crippen MR) is 64.5 cm³/mol. The minimum Gasteiger partial charge on any atom is -0.342 e. The highest BCUT2D eigenvalue weighted by Gasteiger charge is 2.18. The molecule has 0 aromatic rings. The molecular formula is C12H23N3O. The van der Waals surface area contributed by atoms with Crippen LogP contribution in [0.1, 0.15) is 40.5 Å². The van der Waals surface area contributed by atoms with Crippen molar-refractivity contribution in [3.05, 3.63) is 0 Å². The van der Waals surface area contributed by atoms with Gasteiger partial charge in [0.15, 0.2) is 0 Å². The van der Waals surface area contributed by atoms with Crippen LogP contribution in [-0.2, 0) is 4.79 Å². The zero-order valence-corrected chi connectivity index (χ0v) is 10.8. The summed E-state index contributed by atoms with van der Waals surface area (Å²) in [5.41, 5.74) is 5.52. The van der Waals surface area contributed by atoms with E-state index >= 15 is 0 Å². The van der Waals surface area contributed by atoms with E-state index in [0.29, 0.717) is 25.9 Å². The van der Waals surface area contributed by atoms with Crippen molar-refractivity contribution < 1.29 is 4.79 Å². The number of carbonyl (C=O) groups is 1. The Kier molecular flexibility index (Phi) is 6.05. The Morgan fingerprint density at radius 2 is 2.12 bits per heavy atom. The van der Waals surface area contributed by atoms with Gasteiger partial charge in [-0.3, -0.25) is 4.79 Å². The van der Waals surface area contributed by atoms with Crippen molar-refractivity contribution in [3.63, 3.8) is 0 Å². The van der Waals surface area contributed by atoms with Gasteiger partial charge in [0.1, 0.15) is 0 Å². The molecule has 4 heteroatoms. The van der Waals surface area contributed by atoms with Gasteiger partial charge in [0.05, 0.1) is 12.0 Å². The molecule has 1 atom stereocenters. The average Bonchev–Trinajstić information content (AvgIpc) is 2.21. The first-order valence-corrected chi connectivity index (χ1v) is 5.76. The summed E-state index contributed by atoms with van der Waals surface area (Å²) in [6, 6.07) is 2.14. The first-order valence-electron chi connectivity index (χ1n) is 5.76. The van der Waals surface area contributed by atoms with Crippen molar-refractivity contribution in [1.82, 2.24) is 4.90 Å². The Hall–Kier alpha value is -1.08. The number of nitriles is 1. The van der Waals surface area contributed by atoms with Gasteiger partial charge in [-0.25, -0.2) is 0 Å². The number of hydrogen-bond acceptors (Lipinski definition) is 3. The second-order valence-corrected chi connectivity index (χ2v) is 4.95. The number of nitrogens with zero attached hydrogens (tertiary/aromatic N) is 2. The van der Waals surface area contributed by atoms with E-state index in [1.54, 1.807) is 4.90 Å². The van der Waals surface area contributed by atoms with E-state index in [2.05, 4.69) is 6.07 Å². The van der Waals surface area contributed by atoms with Crippen LogP contribution in [0, 0.1) is 17.2 Å². The van der Waals surface area contributed by atoms with Crippen molar-refractivity contribution in [2.45, 2.75) is 46.1 Å². The molecule has 16 heavy (non-hydrogen) atoms. The first kappa shape index (κ1) is 14.9. The van der Waals surface area contributed by atoms with E-state index in [-0.39, 0.29) is 17.4 Å². The Bertz CT molecular complexity index is 262. The second kappa shape index (κ2) is 6.49. The molecule has 1 amide bonds. The van der Waals surface area contributed by atoms with E-state index in [4.69, 9.17) is 11.0 Å². The van der Waals surface area contributed by atoms with Crippen molar-refractivity contribution in [1.29, 1.82) is 5.26 Å². The smallest absolute Gasteiger partial charge is 0.222 e. The van der Waals surface area contributed by atoms with Gasteiger partial charge in [0.25, 0.3) is 0 Å². The number of amides is 1. The Balaban J connectivity index is 4.17. The van der Waals surface area contributed by atoms with Gasteiger partial charge < -0.3 is 10.6 Å². The summed E-state index contributed by atoms with van der Waals surface area (Å²) < 4.78 is 0. The highest BCUT2D eigenvalue weighted by molar-refractivity contribution is 5.76. The molecule has 4 nitrogen and oxygen atoms in total. The molecule has 0 saturated carbocycles. The molecule has 0 bridgehead atoms. The van der Waals surface area contributed by atoms with Crippen LogP contribution in [0.5, 0.6) is 0 Å². The molecule has 0 fully saturated rings. The lowest BCUT2D eigenvalue weighted by molar-refractivity contribution is -0.131. The third-order valence-corrected chi connectivity index (χ3v) is 2.43. The van der Waals surface area contributed by atoms with Crippen molar-refractivity contribution in [2.75, 3.05) is 13.1 Å². The first-order chi connectivity index (χ1) is 7.30. The van der Waals surface area contributed by atoms with Gasteiger partial charge in [0, 0.05) is 25.0 Å². The van der Waals surface area contributed by atoms with Crippen LogP contribution in [0.2, 0.25) is 0 Å². The lowest BCUT2D eigenvalue weighted by atomic mass is 9.99. The summed E-state index contributed by atoms with van der Waals surface area (Å²) in [5.74, 6) is -0.0297. The molecule has 2 N–H and O–H groups in total. The van der Waals surface area contributed by atoms with Gasteiger partial charge in [-0.05, 0) is 34.1 Å². The fourth-order valence-electron chi connectivity index (χ4n) is 1.37. The van der Waals surface area contributed by atoms with Gasteiger partial charge in [-0.15, -0.1) is 0 Å². The number of nitrogens with two attached hydrogens (primary N) is 1. The number of rotatable bonds is 6. The monoisotopic (exact) mass is 225 g/mol. The van der Waals surface area contributed by atoms with Gasteiger partial charge in [-0.1, -0.05) is 0 Å². The summed E-state index contributed by atoms with van der Waals surface area (Å²) >= 11 is 0. The average molecular weight is 225 g/mol. The summed E-state index contributed by atoms with van der Waals surface area (Å²) in [7, 11) is 0. The van der Waals surface area contributed by atoms with Gasteiger partial charge in [-0.2, -0.15) is 5.26 Å². The zero-order chi connectivity index (χ0) is 12.8. The summed E-state index contributed by atoms with van der Waals surface area (Å²) in [5, 5.41) is 8.71. The molecule has 0 aliphatic heterocycles. The molecule has 0 rings (SSSR count). The predicted octanol–water partition coefficient (Wildman–Crippen LogP) is 1.51. The quantitative estimate of drug-likeness (QED) is 0.745. The van der Waals surface area contributed by atoms with E-state index in [1.165, 1.54) is 0 Å². The molecule has 0 aromatic carbocycles. The van der Waals surface area contributed by atoms with Crippen LogP contribution in [-0.4, -0.2) is 29.4 Å². The maximum atomic E-state index is 11.8. The van der Waals surface area contributed by atoms with Gasteiger partial charge in [0.2, 0.25) is 5.91 Å². The minimum atomic E-state index is -0.310. The normalized spacial score (nSPS) is 13.0. The topological polar surface area (TPSA) is 70.1 Å². The lowest BCUT2D eigenvalue weighted by Crippen LogP contribution is -2.37. The molecule has 92 valence electrons.